The maximum Gasteiger partial charge on any atom is 0.267 e. The standard InChI is InChI=1S/C25H25N5O4S/c1-17-8-9-20(15-23(17)35(33,34)29-12-3-4-13-29)22-10-11-24(31)30(28-22)18(2)25(32)27-21-7-5-6-19(14-21)16-26/h5-11,14-15,18H,3-4,12-13H2,1-2H3,(H,27,32)/t18-/m0/s1. The highest BCUT2D eigenvalue weighted by Gasteiger charge is 2.29. The SMILES string of the molecule is Cc1ccc(-c2ccc(=O)n([C@@H](C)C(=O)Nc3cccc(C#N)c3)n2)cc1S(=O)(=O)N1CCCC1. The van der Waals surface area contributed by atoms with E-state index in [2.05, 4.69) is 10.4 Å². The summed E-state index contributed by atoms with van der Waals surface area (Å²) < 4.78 is 28.9. The van der Waals surface area contributed by atoms with Gasteiger partial charge in [0.25, 0.3) is 5.56 Å². The third kappa shape index (κ3) is 5.01. The van der Waals surface area contributed by atoms with Gasteiger partial charge in [-0.15, -0.1) is 0 Å². The molecule has 1 atom stereocenters. The highest BCUT2D eigenvalue weighted by atomic mass is 32.2. The molecule has 2 aromatic carbocycles. The molecule has 1 fully saturated rings. The minimum absolute atomic E-state index is 0.208. The van der Waals surface area contributed by atoms with Crippen LogP contribution in [-0.4, -0.2) is 41.5 Å². The third-order valence-electron chi connectivity index (χ3n) is 6.00. The molecule has 180 valence electrons. The van der Waals surface area contributed by atoms with Crippen LogP contribution in [0.4, 0.5) is 5.69 Å². The van der Waals surface area contributed by atoms with Crippen LogP contribution in [0.5, 0.6) is 0 Å². The lowest BCUT2D eigenvalue weighted by Crippen LogP contribution is -2.33. The van der Waals surface area contributed by atoms with Crippen molar-refractivity contribution in [3.05, 3.63) is 76.1 Å². The summed E-state index contributed by atoms with van der Waals surface area (Å²) in [6.07, 6.45) is 1.68. The molecule has 0 spiro atoms. The second kappa shape index (κ2) is 9.82. The molecular weight excluding hydrogens is 466 g/mol. The number of nitrogens with zero attached hydrogens (tertiary/aromatic N) is 4. The molecule has 1 amide bonds. The zero-order chi connectivity index (χ0) is 25.2. The highest BCUT2D eigenvalue weighted by Crippen LogP contribution is 2.28. The zero-order valence-corrected chi connectivity index (χ0v) is 20.2. The number of hydrogen-bond acceptors (Lipinski definition) is 6. The molecule has 35 heavy (non-hydrogen) atoms. The van der Waals surface area contributed by atoms with E-state index < -0.39 is 27.5 Å². The average molecular weight is 492 g/mol. The van der Waals surface area contributed by atoms with E-state index >= 15 is 0 Å². The maximum absolute atomic E-state index is 13.2. The molecule has 1 aliphatic rings. The summed E-state index contributed by atoms with van der Waals surface area (Å²) in [6.45, 7) is 4.28. The van der Waals surface area contributed by atoms with Gasteiger partial charge in [0.15, 0.2) is 0 Å². The molecule has 3 aromatic rings. The van der Waals surface area contributed by atoms with Gasteiger partial charge < -0.3 is 5.32 Å². The Labute approximate surface area is 203 Å². The van der Waals surface area contributed by atoms with E-state index in [9.17, 15) is 18.0 Å². The van der Waals surface area contributed by atoms with Crippen LogP contribution in [0.1, 0.15) is 36.9 Å². The highest BCUT2D eigenvalue weighted by molar-refractivity contribution is 7.89. The number of carbonyl (C=O) groups excluding carboxylic acids is 1. The lowest BCUT2D eigenvalue weighted by Gasteiger charge is -2.18. The summed E-state index contributed by atoms with van der Waals surface area (Å²) in [6, 6.07) is 15.3. The molecule has 0 unspecified atom stereocenters. The molecule has 2 heterocycles. The number of nitrogens with one attached hydrogen (secondary N) is 1. The Morgan fingerprint density at radius 3 is 2.57 bits per heavy atom. The Balaban J connectivity index is 1.65. The molecule has 1 aliphatic heterocycles. The van der Waals surface area contributed by atoms with E-state index in [4.69, 9.17) is 5.26 Å². The Morgan fingerprint density at radius 2 is 1.86 bits per heavy atom. The number of aryl methyl sites for hydroxylation is 1. The average Bonchev–Trinajstić information content (AvgIpc) is 3.40. The first-order valence-electron chi connectivity index (χ1n) is 11.2. The van der Waals surface area contributed by atoms with Crippen LogP contribution in [-0.2, 0) is 14.8 Å². The quantitative estimate of drug-likeness (QED) is 0.565. The molecule has 0 aliphatic carbocycles. The van der Waals surface area contributed by atoms with Crippen LogP contribution in [0.2, 0.25) is 0 Å². The molecule has 0 bridgehead atoms. The number of aromatic nitrogens is 2. The first-order valence-corrected chi connectivity index (χ1v) is 12.7. The van der Waals surface area contributed by atoms with Crippen molar-refractivity contribution in [3.8, 4) is 17.3 Å². The van der Waals surface area contributed by atoms with Crippen LogP contribution in [0.25, 0.3) is 11.3 Å². The molecule has 1 saturated heterocycles. The van der Waals surface area contributed by atoms with Crippen molar-refractivity contribution in [3.63, 3.8) is 0 Å². The molecule has 0 saturated carbocycles. The van der Waals surface area contributed by atoms with Gasteiger partial charge in [-0.2, -0.15) is 14.7 Å². The van der Waals surface area contributed by atoms with Gasteiger partial charge in [0.2, 0.25) is 15.9 Å². The lowest BCUT2D eigenvalue weighted by atomic mass is 10.1. The van der Waals surface area contributed by atoms with Crippen molar-refractivity contribution >= 4 is 21.6 Å². The van der Waals surface area contributed by atoms with Crippen LogP contribution in [0.3, 0.4) is 0 Å². The number of amides is 1. The minimum Gasteiger partial charge on any atom is -0.324 e. The Hall–Kier alpha value is -3.81. The van der Waals surface area contributed by atoms with Gasteiger partial charge in [-0.1, -0.05) is 18.2 Å². The second-order valence-electron chi connectivity index (χ2n) is 8.45. The van der Waals surface area contributed by atoms with E-state index in [0.717, 1.165) is 17.5 Å². The molecule has 10 heteroatoms. The van der Waals surface area contributed by atoms with Crippen molar-refractivity contribution in [2.45, 2.75) is 37.6 Å². The van der Waals surface area contributed by atoms with Crippen molar-refractivity contribution in [2.75, 3.05) is 18.4 Å². The Kier molecular flexibility index (Phi) is 6.82. The number of nitriles is 1. The zero-order valence-electron chi connectivity index (χ0n) is 19.4. The van der Waals surface area contributed by atoms with E-state index in [1.165, 1.54) is 22.5 Å². The van der Waals surface area contributed by atoms with Crippen molar-refractivity contribution in [1.82, 2.24) is 14.1 Å². The molecule has 1 N–H and O–H groups in total. The molecule has 4 rings (SSSR count). The summed E-state index contributed by atoms with van der Waals surface area (Å²) in [4.78, 5) is 25.5. The minimum atomic E-state index is -3.64. The lowest BCUT2D eigenvalue weighted by molar-refractivity contribution is -0.119. The van der Waals surface area contributed by atoms with E-state index in [1.54, 1.807) is 50.2 Å². The first kappa shape index (κ1) is 24.3. The number of carbonyl (C=O) groups is 1. The monoisotopic (exact) mass is 491 g/mol. The largest absolute Gasteiger partial charge is 0.324 e. The fourth-order valence-corrected chi connectivity index (χ4v) is 5.75. The van der Waals surface area contributed by atoms with Crippen LogP contribution < -0.4 is 10.9 Å². The summed E-state index contributed by atoms with van der Waals surface area (Å²) in [5.74, 6) is -0.479. The van der Waals surface area contributed by atoms with Crippen LogP contribution in [0.15, 0.2) is 64.3 Å². The van der Waals surface area contributed by atoms with E-state index in [-0.39, 0.29) is 4.90 Å². The van der Waals surface area contributed by atoms with Crippen molar-refractivity contribution in [1.29, 1.82) is 5.26 Å². The molecular formula is C25H25N5O4S. The second-order valence-corrected chi connectivity index (χ2v) is 10.4. The number of anilines is 1. The van der Waals surface area contributed by atoms with Crippen molar-refractivity contribution in [2.24, 2.45) is 0 Å². The molecule has 0 radical (unpaired) electrons. The maximum atomic E-state index is 13.2. The number of sulfonamides is 1. The fourth-order valence-electron chi connectivity index (χ4n) is 3.99. The molecule has 9 nitrogen and oxygen atoms in total. The predicted octanol–water partition coefficient (Wildman–Crippen LogP) is 3.07. The summed E-state index contributed by atoms with van der Waals surface area (Å²) in [5, 5.41) is 16.1. The molecule has 1 aromatic heterocycles. The van der Waals surface area contributed by atoms with Gasteiger partial charge in [-0.05, 0) is 62.6 Å². The van der Waals surface area contributed by atoms with Crippen LogP contribution >= 0.6 is 0 Å². The normalized spacial score (nSPS) is 14.9. The number of hydrogen-bond donors (Lipinski definition) is 1. The summed E-state index contributed by atoms with van der Waals surface area (Å²) in [7, 11) is -3.64. The Bertz CT molecular complexity index is 1480. The smallest absolute Gasteiger partial charge is 0.267 e. The first-order chi connectivity index (χ1) is 16.7. The van der Waals surface area contributed by atoms with Crippen LogP contribution in [0, 0.1) is 18.3 Å². The summed E-state index contributed by atoms with van der Waals surface area (Å²) in [5.41, 5.74) is 1.87. The fraction of sp³-hybridized carbons (Fsp3) is 0.280. The number of benzene rings is 2. The van der Waals surface area contributed by atoms with Crippen molar-refractivity contribution < 1.29 is 13.2 Å². The third-order valence-corrected chi connectivity index (χ3v) is 8.04. The van der Waals surface area contributed by atoms with Gasteiger partial charge >= 0.3 is 0 Å². The van der Waals surface area contributed by atoms with Gasteiger partial charge in [-0.3, -0.25) is 9.59 Å². The Morgan fingerprint density at radius 1 is 1.11 bits per heavy atom. The van der Waals surface area contributed by atoms with Gasteiger partial charge in [-0.25, -0.2) is 13.1 Å². The van der Waals surface area contributed by atoms with Gasteiger partial charge in [0.1, 0.15) is 6.04 Å². The topological polar surface area (TPSA) is 125 Å². The van der Waals surface area contributed by atoms with E-state index in [1.807, 2.05) is 6.07 Å². The summed E-state index contributed by atoms with van der Waals surface area (Å²) >= 11 is 0. The number of rotatable bonds is 6. The predicted molar refractivity (Wildman–Crippen MR) is 131 cm³/mol. The van der Waals surface area contributed by atoms with E-state index in [0.29, 0.717) is 41.2 Å². The van der Waals surface area contributed by atoms with Gasteiger partial charge in [0, 0.05) is 30.4 Å². The van der Waals surface area contributed by atoms with Gasteiger partial charge in [0.05, 0.1) is 22.2 Å².